The highest BCUT2D eigenvalue weighted by Crippen LogP contribution is 2.41. The normalized spacial score (nSPS) is 18.3. The molecule has 8 rings (SSSR count). The van der Waals surface area contributed by atoms with E-state index in [0.29, 0.717) is 34.4 Å². The Morgan fingerprint density at radius 1 is 0.655 bits per heavy atom. The van der Waals surface area contributed by atoms with E-state index in [4.69, 9.17) is 22.0 Å². The van der Waals surface area contributed by atoms with Crippen molar-refractivity contribution in [3.05, 3.63) is 84.7 Å². The van der Waals surface area contributed by atoms with Gasteiger partial charge in [0.15, 0.2) is 0 Å². The number of carbonyl (C=O) groups is 2. The molecule has 2 aliphatic carbocycles. The molecule has 0 saturated heterocycles. The van der Waals surface area contributed by atoms with Crippen LogP contribution < -0.4 is 22.1 Å². The van der Waals surface area contributed by atoms with Gasteiger partial charge in [-0.1, -0.05) is 0 Å². The summed E-state index contributed by atoms with van der Waals surface area (Å²) >= 11 is 0. The molecule has 6 heterocycles. The summed E-state index contributed by atoms with van der Waals surface area (Å²) in [6.45, 7) is 0. The number of nitrogen functional groups attached to an aromatic ring is 2. The summed E-state index contributed by atoms with van der Waals surface area (Å²) in [5.41, 5.74) is 9.70. The third kappa shape index (κ3) is 8.07. The van der Waals surface area contributed by atoms with E-state index >= 15 is 0 Å². The molecule has 2 unspecified atom stereocenters. The van der Waals surface area contributed by atoms with Gasteiger partial charge in [-0.3, -0.25) is 19.6 Å². The van der Waals surface area contributed by atoms with Gasteiger partial charge >= 0.3 is 12.4 Å². The number of aromatic nitrogens is 6. The zero-order valence-corrected chi connectivity index (χ0v) is 29.5. The monoisotopic (exact) mass is 796 g/mol. The van der Waals surface area contributed by atoms with Crippen LogP contribution in [0.4, 0.5) is 49.6 Å². The lowest BCUT2D eigenvalue weighted by Gasteiger charge is -2.13. The summed E-state index contributed by atoms with van der Waals surface area (Å²) in [7, 11) is 0. The van der Waals surface area contributed by atoms with Crippen LogP contribution >= 0.6 is 0 Å². The Morgan fingerprint density at radius 2 is 1.05 bits per heavy atom. The van der Waals surface area contributed by atoms with Crippen LogP contribution in [0.15, 0.2) is 73.6 Å². The second-order valence-corrected chi connectivity index (χ2v) is 13.3. The minimum Gasteiger partial charge on any atom is -0.383 e. The lowest BCUT2D eigenvalue weighted by molar-refractivity contribution is -0.138. The van der Waals surface area contributed by atoms with Crippen molar-refractivity contribution in [3.8, 4) is 34.7 Å². The lowest BCUT2D eigenvalue weighted by atomic mass is 10.0. The molecule has 0 spiro atoms. The smallest absolute Gasteiger partial charge is 0.383 e. The standard InChI is InChI=1S/2C19H13F3N6O/c2*20-19(21,22)14-1-2-25-7-13(14)15-4-9-5-16(26-8-12(9)17(24)27-15)28-18(29)11-3-10(11)6-23/h2*1-2,4-5,7-8,10-11H,3H2,(H2,24,27)(H,26,28,29)/t10-,11+;/m0./s1. The molecule has 292 valence electrons. The van der Waals surface area contributed by atoms with Crippen LogP contribution in [0.3, 0.4) is 0 Å². The van der Waals surface area contributed by atoms with Crippen LogP contribution in [0.5, 0.6) is 0 Å². The average Bonchev–Trinajstić information content (AvgIpc) is 4.12. The van der Waals surface area contributed by atoms with Crippen LogP contribution in [0.25, 0.3) is 44.1 Å². The molecule has 0 aromatic carbocycles. The van der Waals surface area contributed by atoms with Crippen LogP contribution in [0, 0.1) is 46.3 Å². The molecular weight excluding hydrogens is 770 g/mol. The maximum atomic E-state index is 13.3. The first kappa shape index (κ1) is 38.8. The van der Waals surface area contributed by atoms with Crippen LogP contribution in [0.2, 0.25) is 0 Å². The van der Waals surface area contributed by atoms with E-state index in [-0.39, 0.29) is 81.3 Å². The number of fused-ring (bicyclic) bond motifs is 2. The fourth-order valence-electron chi connectivity index (χ4n) is 6.14. The van der Waals surface area contributed by atoms with E-state index in [2.05, 4.69) is 40.5 Å². The molecule has 58 heavy (non-hydrogen) atoms. The molecule has 6 N–H and O–H groups in total. The Hall–Kier alpha value is -7.48. The molecule has 4 atom stereocenters. The number of nitrogens with one attached hydrogen (secondary N) is 2. The van der Waals surface area contributed by atoms with Crippen molar-refractivity contribution in [1.82, 2.24) is 29.9 Å². The largest absolute Gasteiger partial charge is 0.417 e. The maximum Gasteiger partial charge on any atom is 0.417 e. The first-order valence-electron chi connectivity index (χ1n) is 17.1. The number of nitriles is 2. The predicted octanol–water partition coefficient (Wildman–Crippen LogP) is 6.78. The van der Waals surface area contributed by atoms with Crippen LogP contribution in [-0.2, 0) is 21.9 Å². The Balaban J connectivity index is 0.000000177. The highest BCUT2D eigenvalue weighted by atomic mass is 19.4. The molecule has 2 saturated carbocycles. The highest BCUT2D eigenvalue weighted by Gasteiger charge is 2.44. The Bertz CT molecular complexity index is 2530. The molecule has 14 nitrogen and oxygen atoms in total. The fraction of sp³-hybridized carbons (Fsp3) is 0.211. The number of halogens is 6. The number of rotatable bonds is 6. The minimum atomic E-state index is -4.58. The summed E-state index contributed by atoms with van der Waals surface area (Å²) in [5, 5.41) is 24.7. The Labute approximate surface area is 323 Å². The van der Waals surface area contributed by atoms with Crippen molar-refractivity contribution in [1.29, 1.82) is 10.5 Å². The molecule has 0 bridgehead atoms. The van der Waals surface area contributed by atoms with E-state index < -0.39 is 23.5 Å². The van der Waals surface area contributed by atoms with Gasteiger partial charge in [0.2, 0.25) is 11.8 Å². The molecular formula is C38H26F6N12O2. The maximum absolute atomic E-state index is 13.3. The van der Waals surface area contributed by atoms with Crippen molar-refractivity contribution >= 4 is 56.6 Å². The first-order chi connectivity index (χ1) is 27.5. The van der Waals surface area contributed by atoms with Gasteiger partial charge in [-0.15, -0.1) is 0 Å². The molecule has 2 aliphatic rings. The SMILES string of the molecule is N#CC1CC1C(=O)Nc1cc2cc(-c3cnccc3C(F)(F)F)nc(N)c2cn1.N#C[C@@H]1C[C@H]1C(=O)Nc1cc2cc(-c3cnccc3C(F)(F)F)nc(N)c2cn1. The number of carbonyl (C=O) groups excluding carboxylic acids is 2. The molecule has 0 radical (unpaired) electrons. The molecule has 6 aromatic rings. The summed E-state index contributed by atoms with van der Waals surface area (Å²) in [6, 6.07) is 11.7. The average molecular weight is 797 g/mol. The predicted molar refractivity (Wildman–Crippen MR) is 196 cm³/mol. The fourth-order valence-corrected chi connectivity index (χ4v) is 6.14. The van der Waals surface area contributed by atoms with E-state index in [1.54, 1.807) is 0 Å². The van der Waals surface area contributed by atoms with Crippen molar-refractivity contribution in [2.24, 2.45) is 23.7 Å². The number of nitrogens with two attached hydrogens (primary N) is 2. The van der Waals surface area contributed by atoms with Gasteiger partial charge in [0.25, 0.3) is 0 Å². The van der Waals surface area contributed by atoms with E-state index in [9.17, 15) is 35.9 Å². The van der Waals surface area contributed by atoms with Crippen molar-refractivity contribution in [3.63, 3.8) is 0 Å². The number of hydrogen-bond acceptors (Lipinski definition) is 12. The summed E-state index contributed by atoms with van der Waals surface area (Å²) in [4.78, 5) is 48.1. The molecule has 2 amide bonds. The summed E-state index contributed by atoms with van der Waals surface area (Å²) in [6.07, 6.45) is -1.12. The summed E-state index contributed by atoms with van der Waals surface area (Å²) in [5.74, 6) is -1.55. The highest BCUT2D eigenvalue weighted by molar-refractivity contribution is 6.00. The van der Waals surface area contributed by atoms with Gasteiger partial charge < -0.3 is 22.1 Å². The number of hydrogen-bond donors (Lipinski definition) is 4. The number of anilines is 4. The van der Waals surface area contributed by atoms with Gasteiger partial charge in [-0.2, -0.15) is 36.9 Å². The van der Waals surface area contributed by atoms with Crippen molar-refractivity contribution in [2.75, 3.05) is 22.1 Å². The number of pyridine rings is 6. The molecule has 6 aromatic heterocycles. The third-order valence-electron chi connectivity index (χ3n) is 9.38. The molecule has 2 fully saturated rings. The van der Waals surface area contributed by atoms with Gasteiger partial charge in [-0.05, 0) is 60.0 Å². The van der Waals surface area contributed by atoms with Gasteiger partial charge in [0.05, 0.1) is 58.3 Å². The molecule has 20 heteroatoms. The number of amides is 2. The number of alkyl halides is 6. The topological polar surface area (TPSA) is 235 Å². The van der Waals surface area contributed by atoms with Crippen LogP contribution in [-0.4, -0.2) is 41.7 Å². The van der Waals surface area contributed by atoms with Crippen molar-refractivity contribution in [2.45, 2.75) is 25.2 Å². The van der Waals surface area contributed by atoms with Gasteiger partial charge in [-0.25, -0.2) is 19.9 Å². The zero-order valence-electron chi connectivity index (χ0n) is 29.5. The Morgan fingerprint density at radius 3 is 1.40 bits per heavy atom. The second-order valence-electron chi connectivity index (χ2n) is 13.3. The van der Waals surface area contributed by atoms with E-state index in [1.807, 2.05) is 12.1 Å². The zero-order chi connectivity index (χ0) is 41.5. The molecule has 0 aliphatic heterocycles. The van der Waals surface area contributed by atoms with Gasteiger partial charge in [0.1, 0.15) is 23.3 Å². The van der Waals surface area contributed by atoms with E-state index in [1.165, 1.54) is 36.7 Å². The van der Waals surface area contributed by atoms with Crippen molar-refractivity contribution < 1.29 is 35.9 Å². The minimum absolute atomic E-state index is 0.00522. The first-order valence-corrected chi connectivity index (χ1v) is 17.1. The quantitative estimate of drug-likeness (QED) is 0.128. The third-order valence-corrected chi connectivity index (χ3v) is 9.38. The summed E-state index contributed by atoms with van der Waals surface area (Å²) < 4.78 is 80.0. The van der Waals surface area contributed by atoms with E-state index in [0.717, 1.165) is 36.9 Å². The lowest BCUT2D eigenvalue weighted by Crippen LogP contribution is -2.15. The second kappa shape index (κ2) is 14.9. The van der Waals surface area contributed by atoms with Crippen LogP contribution in [0.1, 0.15) is 24.0 Å². The number of nitrogens with zero attached hydrogens (tertiary/aromatic N) is 8. The Kier molecular flexibility index (Phi) is 9.95. The van der Waals surface area contributed by atoms with Gasteiger partial charge in [0, 0.05) is 59.1 Å².